The summed E-state index contributed by atoms with van der Waals surface area (Å²) in [7, 11) is 0. The molecular formula is C28H50N2. The number of nitrogens with one attached hydrogen (secondary N) is 1. The van der Waals surface area contributed by atoms with E-state index in [1.54, 1.807) is 5.56 Å². The Balaban J connectivity index is 1.71. The van der Waals surface area contributed by atoms with Crippen molar-refractivity contribution in [2.45, 2.75) is 136 Å². The molecule has 0 aromatic heterocycles. The zero-order valence-electron chi connectivity index (χ0n) is 20.6. The lowest BCUT2D eigenvalue weighted by atomic mass is 10.0. The molecular weight excluding hydrogens is 364 g/mol. The van der Waals surface area contributed by atoms with Crippen LogP contribution in [0.2, 0.25) is 0 Å². The van der Waals surface area contributed by atoms with E-state index in [2.05, 4.69) is 56.1 Å². The van der Waals surface area contributed by atoms with Crippen LogP contribution in [0, 0.1) is 0 Å². The molecule has 1 aliphatic heterocycles. The van der Waals surface area contributed by atoms with E-state index < -0.39 is 0 Å². The molecule has 0 saturated carbocycles. The van der Waals surface area contributed by atoms with Gasteiger partial charge in [0.25, 0.3) is 0 Å². The fourth-order valence-corrected chi connectivity index (χ4v) is 4.94. The Kier molecular flexibility index (Phi) is 12.3. The molecule has 0 radical (unpaired) electrons. The van der Waals surface area contributed by atoms with Crippen LogP contribution in [-0.4, -0.2) is 18.6 Å². The average Bonchev–Trinajstić information content (AvgIpc) is 3.16. The van der Waals surface area contributed by atoms with E-state index in [9.17, 15) is 0 Å². The van der Waals surface area contributed by atoms with E-state index in [1.165, 1.54) is 114 Å². The molecule has 1 N–H and O–H groups in total. The van der Waals surface area contributed by atoms with E-state index in [-0.39, 0.29) is 0 Å². The minimum atomic E-state index is 0.568. The second-order valence-corrected chi connectivity index (χ2v) is 9.79. The third-order valence-electron chi connectivity index (χ3n) is 6.92. The van der Waals surface area contributed by atoms with Gasteiger partial charge in [-0.05, 0) is 56.9 Å². The summed E-state index contributed by atoms with van der Waals surface area (Å²) in [6, 6.07) is 8.35. The van der Waals surface area contributed by atoms with Crippen LogP contribution in [0.15, 0.2) is 18.2 Å². The molecule has 1 aromatic carbocycles. The molecule has 2 rings (SSSR count). The molecule has 0 fully saturated rings. The number of fused-ring (bicyclic) bond motifs is 1. The standard InChI is InChI=1S/C28H50N2/c1-5-7-9-11-13-15-17-24(3)29-27-19-20-28-26(23-27)21-22-30(28)25(4)18-16-14-12-10-8-6-2/h19-20,23-25,29H,5-18,21-22H2,1-4H3/t24-,25-/m0/s1. The van der Waals surface area contributed by atoms with Gasteiger partial charge < -0.3 is 10.2 Å². The van der Waals surface area contributed by atoms with Gasteiger partial charge in [-0.2, -0.15) is 0 Å². The Bertz CT molecular complexity index is 568. The van der Waals surface area contributed by atoms with Crippen molar-refractivity contribution in [1.82, 2.24) is 0 Å². The van der Waals surface area contributed by atoms with Gasteiger partial charge in [0.05, 0.1) is 0 Å². The highest BCUT2D eigenvalue weighted by molar-refractivity contribution is 5.64. The van der Waals surface area contributed by atoms with Crippen molar-refractivity contribution in [2.24, 2.45) is 0 Å². The first-order chi connectivity index (χ1) is 14.7. The summed E-state index contributed by atoms with van der Waals surface area (Å²) in [6.45, 7) is 10.6. The first-order valence-corrected chi connectivity index (χ1v) is 13.3. The largest absolute Gasteiger partial charge is 0.383 e. The SMILES string of the molecule is CCCCCCCC[C@H](C)Nc1ccc2c(c1)CCN2[C@@H](C)CCCCCCCC. The van der Waals surface area contributed by atoms with Gasteiger partial charge in [-0.25, -0.2) is 0 Å². The summed E-state index contributed by atoms with van der Waals surface area (Å²) in [4.78, 5) is 2.66. The third-order valence-corrected chi connectivity index (χ3v) is 6.92. The normalized spacial score (nSPS) is 15.3. The first-order valence-electron chi connectivity index (χ1n) is 13.3. The van der Waals surface area contributed by atoms with Gasteiger partial charge in [0.2, 0.25) is 0 Å². The maximum absolute atomic E-state index is 3.76. The Morgan fingerprint density at radius 1 is 0.800 bits per heavy atom. The zero-order valence-corrected chi connectivity index (χ0v) is 20.6. The van der Waals surface area contributed by atoms with Gasteiger partial charge in [-0.3, -0.25) is 0 Å². The molecule has 0 spiro atoms. The Labute approximate surface area is 188 Å². The molecule has 172 valence electrons. The van der Waals surface area contributed by atoms with Crippen LogP contribution in [0.4, 0.5) is 11.4 Å². The van der Waals surface area contributed by atoms with Crippen LogP contribution in [-0.2, 0) is 6.42 Å². The summed E-state index contributed by atoms with van der Waals surface area (Å²) in [6.07, 6.45) is 20.5. The minimum absolute atomic E-state index is 0.568. The monoisotopic (exact) mass is 414 g/mol. The predicted octanol–water partition coefficient (Wildman–Crippen LogP) is 8.74. The molecule has 0 bridgehead atoms. The van der Waals surface area contributed by atoms with Crippen LogP contribution in [0.5, 0.6) is 0 Å². The maximum atomic E-state index is 3.76. The lowest BCUT2D eigenvalue weighted by Gasteiger charge is -2.27. The second-order valence-electron chi connectivity index (χ2n) is 9.79. The molecule has 0 aliphatic carbocycles. The Morgan fingerprint density at radius 3 is 2.07 bits per heavy atom. The van der Waals surface area contributed by atoms with Crippen molar-refractivity contribution in [3.05, 3.63) is 23.8 Å². The molecule has 0 saturated heterocycles. The van der Waals surface area contributed by atoms with Gasteiger partial charge >= 0.3 is 0 Å². The smallest absolute Gasteiger partial charge is 0.0403 e. The number of hydrogen-bond acceptors (Lipinski definition) is 2. The minimum Gasteiger partial charge on any atom is -0.383 e. The van der Waals surface area contributed by atoms with Crippen molar-refractivity contribution in [3.63, 3.8) is 0 Å². The summed E-state index contributed by atoms with van der Waals surface area (Å²) in [5.41, 5.74) is 4.35. The molecule has 2 atom stereocenters. The highest BCUT2D eigenvalue weighted by Crippen LogP contribution is 2.33. The molecule has 1 aliphatic rings. The average molecular weight is 415 g/mol. The van der Waals surface area contributed by atoms with Crippen LogP contribution in [0.1, 0.15) is 123 Å². The third kappa shape index (κ3) is 8.90. The van der Waals surface area contributed by atoms with Gasteiger partial charge in [0.1, 0.15) is 0 Å². The van der Waals surface area contributed by atoms with Crippen molar-refractivity contribution in [1.29, 1.82) is 0 Å². The van der Waals surface area contributed by atoms with Gasteiger partial charge in [0.15, 0.2) is 0 Å². The topological polar surface area (TPSA) is 15.3 Å². The predicted molar refractivity (Wildman–Crippen MR) is 136 cm³/mol. The van der Waals surface area contributed by atoms with Crippen LogP contribution in [0.25, 0.3) is 0 Å². The molecule has 1 heterocycles. The molecule has 30 heavy (non-hydrogen) atoms. The van der Waals surface area contributed by atoms with Crippen LogP contribution in [0.3, 0.4) is 0 Å². The molecule has 1 aromatic rings. The van der Waals surface area contributed by atoms with E-state index in [0.29, 0.717) is 12.1 Å². The first kappa shape index (κ1) is 25.1. The summed E-state index contributed by atoms with van der Waals surface area (Å²) < 4.78 is 0. The number of nitrogens with zero attached hydrogens (tertiary/aromatic N) is 1. The van der Waals surface area contributed by atoms with Crippen LogP contribution < -0.4 is 10.2 Å². The lowest BCUT2D eigenvalue weighted by Crippen LogP contribution is -2.31. The summed E-state index contributed by atoms with van der Waals surface area (Å²) in [5, 5.41) is 3.76. The Hall–Kier alpha value is -1.18. The van der Waals surface area contributed by atoms with Gasteiger partial charge in [-0.1, -0.05) is 90.9 Å². The molecule has 0 unspecified atom stereocenters. The quantitative estimate of drug-likeness (QED) is 0.256. The molecule has 2 nitrogen and oxygen atoms in total. The fourth-order valence-electron chi connectivity index (χ4n) is 4.94. The second kappa shape index (κ2) is 14.8. The van der Waals surface area contributed by atoms with Gasteiger partial charge in [-0.15, -0.1) is 0 Å². The number of rotatable bonds is 17. The van der Waals surface area contributed by atoms with Crippen molar-refractivity contribution >= 4 is 11.4 Å². The Morgan fingerprint density at radius 2 is 1.40 bits per heavy atom. The van der Waals surface area contributed by atoms with Gasteiger partial charge in [0, 0.05) is 30.0 Å². The van der Waals surface area contributed by atoms with E-state index in [1.807, 2.05) is 0 Å². The van der Waals surface area contributed by atoms with Crippen LogP contribution >= 0.6 is 0 Å². The van der Waals surface area contributed by atoms with E-state index in [0.717, 1.165) is 0 Å². The van der Waals surface area contributed by atoms with Crippen molar-refractivity contribution in [2.75, 3.05) is 16.8 Å². The van der Waals surface area contributed by atoms with Crippen molar-refractivity contribution < 1.29 is 0 Å². The summed E-state index contributed by atoms with van der Waals surface area (Å²) in [5.74, 6) is 0. The fraction of sp³-hybridized carbons (Fsp3) is 0.786. The molecule has 2 heteroatoms. The maximum Gasteiger partial charge on any atom is 0.0403 e. The van der Waals surface area contributed by atoms with E-state index >= 15 is 0 Å². The lowest BCUT2D eigenvalue weighted by molar-refractivity contribution is 0.532. The zero-order chi connectivity index (χ0) is 21.6. The number of benzene rings is 1. The summed E-state index contributed by atoms with van der Waals surface area (Å²) >= 11 is 0. The van der Waals surface area contributed by atoms with E-state index in [4.69, 9.17) is 0 Å². The number of anilines is 2. The highest BCUT2D eigenvalue weighted by atomic mass is 15.2. The number of hydrogen-bond donors (Lipinski definition) is 1. The molecule has 0 amide bonds. The van der Waals surface area contributed by atoms with Crippen molar-refractivity contribution in [3.8, 4) is 0 Å². The highest BCUT2D eigenvalue weighted by Gasteiger charge is 2.23. The number of unbranched alkanes of at least 4 members (excludes halogenated alkanes) is 10.